The minimum atomic E-state index is -1.17. The van der Waals surface area contributed by atoms with Crippen LogP contribution >= 0.6 is 0 Å². The molecule has 2 aliphatic rings. The predicted molar refractivity (Wildman–Crippen MR) is 74.3 cm³/mol. The van der Waals surface area contributed by atoms with Crippen LogP contribution in [-0.4, -0.2) is 58.3 Å². The number of rotatable bonds is 8. The summed E-state index contributed by atoms with van der Waals surface area (Å²) in [5, 5.41) is 18.9. The van der Waals surface area contributed by atoms with Gasteiger partial charge in [-0.25, -0.2) is 4.79 Å². The largest absolute Gasteiger partial charge is 0.477 e. The SMILES string of the molecule is CC(O)C1C(=O)N2C(C(=O)O)=C(COCCCC(N)=O)CC12. The number of aliphatic hydroxyl groups excluding tert-OH is 1. The molecule has 0 bridgehead atoms. The van der Waals surface area contributed by atoms with Gasteiger partial charge in [0.05, 0.1) is 24.7 Å². The second kappa shape index (κ2) is 6.45. The Morgan fingerprint density at radius 3 is 2.73 bits per heavy atom. The first-order valence-corrected chi connectivity index (χ1v) is 7.17. The Labute approximate surface area is 127 Å². The summed E-state index contributed by atoms with van der Waals surface area (Å²) < 4.78 is 5.37. The van der Waals surface area contributed by atoms with E-state index in [9.17, 15) is 24.6 Å². The molecule has 1 saturated heterocycles. The highest BCUT2D eigenvalue weighted by molar-refractivity contribution is 5.99. The number of aliphatic hydroxyl groups is 1. The van der Waals surface area contributed by atoms with Gasteiger partial charge in [0.1, 0.15) is 5.70 Å². The molecule has 8 nitrogen and oxygen atoms in total. The molecule has 0 aromatic rings. The van der Waals surface area contributed by atoms with Crippen molar-refractivity contribution in [3.05, 3.63) is 11.3 Å². The molecular weight excluding hydrogens is 292 g/mol. The molecule has 1 fully saturated rings. The smallest absolute Gasteiger partial charge is 0.352 e. The molecule has 0 radical (unpaired) electrons. The number of hydrogen-bond donors (Lipinski definition) is 3. The van der Waals surface area contributed by atoms with E-state index in [0.29, 0.717) is 18.4 Å². The third-order valence-electron chi connectivity index (χ3n) is 4.01. The Morgan fingerprint density at radius 2 is 2.18 bits per heavy atom. The van der Waals surface area contributed by atoms with Crippen LogP contribution in [0.3, 0.4) is 0 Å². The van der Waals surface area contributed by atoms with E-state index in [0.717, 1.165) is 0 Å². The third kappa shape index (κ3) is 2.97. The van der Waals surface area contributed by atoms with Crippen LogP contribution < -0.4 is 5.73 Å². The van der Waals surface area contributed by atoms with Crippen molar-refractivity contribution in [2.45, 2.75) is 38.3 Å². The van der Waals surface area contributed by atoms with E-state index in [2.05, 4.69) is 0 Å². The zero-order valence-corrected chi connectivity index (χ0v) is 12.3. The molecule has 4 N–H and O–H groups in total. The van der Waals surface area contributed by atoms with Gasteiger partial charge in [-0.2, -0.15) is 0 Å². The van der Waals surface area contributed by atoms with E-state index in [1.165, 1.54) is 11.8 Å². The first-order valence-electron chi connectivity index (χ1n) is 7.17. The van der Waals surface area contributed by atoms with Crippen LogP contribution in [0.15, 0.2) is 11.3 Å². The molecule has 0 aliphatic carbocycles. The van der Waals surface area contributed by atoms with Crippen LogP contribution in [0.1, 0.15) is 26.2 Å². The number of nitrogens with zero attached hydrogens (tertiary/aromatic N) is 1. The molecule has 0 aromatic heterocycles. The molecule has 2 amide bonds. The highest BCUT2D eigenvalue weighted by Gasteiger charge is 2.56. The average Bonchev–Trinajstić information content (AvgIpc) is 2.72. The normalized spacial score (nSPS) is 25.0. The fourth-order valence-corrected chi connectivity index (χ4v) is 3.03. The Balaban J connectivity index is 1.97. The van der Waals surface area contributed by atoms with Crippen molar-refractivity contribution in [3.63, 3.8) is 0 Å². The summed E-state index contributed by atoms with van der Waals surface area (Å²) in [7, 11) is 0. The van der Waals surface area contributed by atoms with E-state index in [1.54, 1.807) is 0 Å². The molecule has 8 heteroatoms. The summed E-state index contributed by atoms with van der Waals surface area (Å²) in [6, 6.07) is -0.303. The van der Waals surface area contributed by atoms with Gasteiger partial charge in [-0.05, 0) is 25.3 Å². The second-order valence-corrected chi connectivity index (χ2v) is 5.63. The number of carboxylic acid groups (broad SMARTS) is 1. The monoisotopic (exact) mass is 312 g/mol. The Kier molecular flexibility index (Phi) is 4.82. The van der Waals surface area contributed by atoms with Gasteiger partial charge in [-0.1, -0.05) is 0 Å². The molecule has 3 unspecified atom stereocenters. The fourth-order valence-electron chi connectivity index (χ4n) is 3.03. The van der Waals surface area contributed by atoms with E-state index >= 15 is 0 Å². The molecule has 2 rings (SSSR count). The van der Waals surface area contributed by atoms with Gasteiger partial charge < -0.3 is 25.6 Å². The maximum absolute atomic E-state index is 12.0. The molecule has 3 atom stereocenters. The number of amides is 2. The van der Waals surface area contributed by atoms with Crippen LogP contribution in [0.2, 0.25) is 0 Å². The van der Waals surface area contributed by atoms with E-state index in [1.807, 2.05) is 0 Å². The van der Waals surface area contributed by atoms with Crippen molar-refractivity contribution >= 4 is 17.8 Å². The molecule has 122 valence electrons. The number of fused-ring (bicyclic) bond motifs is 1. The summed E-state index contributed by atoms with van der Waals surface area (Å²) in [5.41, 5.74) is 5.51. The van der Waals surface area contributed by atoms with Gasteiger partial charge in [0.25, 0.3) is 0 Å². The Bertz CT molecular complexity index is 527. The van der Waals surface area contributed by atoms with Gasteiger partial charge >= 0.3 is 5.97 Å². The molecule has 0 saturated carbocycles. The standard InChI is InChI=1S/C14H20N2O6/c1-7(17)11-9-5-8(6-22-4-2-3-10(15)18)12(14(20)21)16(9)13(11)19/h7,9,11,17H,2-6H2,1H3,(H2,15,18)(H,20,21). The molecule has 0 spiro atoms. The number of carboxylic acids is 1. The first-order chi connectivity index (χ1) is 10.3. The van der Waals surface area contributed by atoms with E-state index in [4.69, 9.17) is 10.5 Å². The van der Waals surface area contributed by atoms with Crippen molar-refractivity contribution in [2.24, 2.45) is 11.7 Å². The van der Waals surface area contributed by atoms with Crippen LogP contribution in [0.25, 0.3) is 0 Å². The molecule has 2 aliphatic heterocycles. The van der Waals surface area contributed by atoms with E-state index < -0.39 is 23.9 Å². The van der Waals surface area contributed by atoms with Crippen LogP contribution in [0.5, 0.6) is 0 Å². The Hall–Kier alpha value is -1.93. The molecular formula is C14H20N2O6. The summed E-state index contributed by atoms with van der Waals surface area (Å²) >= 11 is 0. The molecule has 2 heterocycles. The second-order valence-electron chi connectivity index (χ2n) is 5.63. The van der Waals surface area contributed by atoms with Crippen molar-refractivity contribution in [3.8, 4) is 0 Å². The zero-order valence-electron chi connectivity index (χ0n) is 12.3. The number of β-lactam (4-membered cyclic amide) rings is 1. The lowest BCUT2D eigenvalue weighted by atomic mass is 9.83. The topological polar surface area (TPSA) is 130 Å². The summed E-state index contributed by atoms with van der Waals surface area (Å²) in [6.07, 6.45) is 0.258. The lowest BCUT2D eigenvalue weighted by molar-refractivity contribution is -0.161. The highest BCUT2D eigenvalue weighted by atomic mass is 16.5. The maximum atomic E-state index is 12.0. The number of carbonyl (C=O) groups is 3. The quantitative estimate of drug-likeness (QED) is 0.398. The van der Waals surface area contributed by atoms with Crippen LogP contribution in [-0.2, 0) is 19.1 Å². The number of carbonyl (C=O) groups excluding carboxylic acids is 2. The van der Waals surface area contributed by atoms with Gasteiger partial charge in [-0.3, -0.25) is 9.59 Å². The zero-order chi connectivity index (χ0) is 16.4. The highest BCUT2D eigenvalue weighted by Crippen LogP contribution is 2.43. The summed E-state index contributed by atoms with van der Waals surface area (Å²) in [4.78, 5) is 35.2. The fraction of sp³-hybridized carbons (Fsp3) is 0.643. The van der Waals surface area contributed by atoms with E-state index in [-0.39, 0.29) is 37.3 Å². The number of nitrogens with two attached hydrogens (primary N) is 1. The van der Waals surface area contributed by atoms with Crippen molar-refractivity contribution in [1.82, 2.24) is 4.90 Å². The van der Waals surface area contributed by atoms with Gasteiger partial charge in [0.2, 0.25) is 11.8 Å². The number of hydrogen-bond acceptors (Lipinski definition) is 5. The first kappa shape index (κ1) is 16.4. The minimum absolute atomic E-state index is 0.0400. The van der Waals surface area contributed by atoms with Gasteiger partial charge in [0, 0.05) is 13.0 Å². The van der Waals surface area contributed by atoms with Gasteiger partial charge in [-0.15, -0.1) is 0 Å². The Morgan fingerprint density at radius 1 is 1.50 bits per heavy atom. The molecule has 22 heavy (non-hydrogen) atoms. The number of primary amides is 1. The number of aliphatic carboxylic acids is 1. The number of ether oxygens (including phenoxy) is 1. The van der Waals surface area contributed by atoms with Crippen LogP contribution in [0, 0.1) is 5.92 Å². The van der Waals surface area contributed by atoms with Crippen molar-refractivity contribution < 1.29 is 29.3 Å². The van der Waals surface area contributed by atoms with Gasteiger partial charge in [0.15, 0.2) is 0 Å². The lowest BCUT2D eigenvalue weighted by Gasteiger charge is -2.44. The molecule has 0 aromatic carbocycles. The summed E-state index contributed by atoms with van der Waals surface area (Å²) in [5.74, 6) is -2.50. The third-order valence-corrected chi connectivity index (χ3v) is 4.01. The summed E-state index contributed by atoms with van der Waals surface area (Å²) in [6.45, 7) is 1.91. The lowest BCUT2D eigenvalue weighted by Crippen LogP contribution is -2.61. The average molecular weight is 312 g/mol. The predicted octanol–water partition coefficient (Wildman–Crippen LogP) is -0.781. The van der Waals surface area contributed by atoms with Crippen molar-refractivity contribution in [2.75, 3.05) is 13.2 Å². The van der Waals surface area contributed by atoms with Crippen LogP contribution in [0.4, 0.5) is 0 Å². The minimum Gasteiger partial charge on any atom is -0.477 e. The van der Waals surface area contributed by atoms with Crippen molar-refractivity contribution in [1.29, 1.82) is 0 Å². The maximum Gasteiger partial charge on any atom is 0.352 e.